The summed E-state index contributed by atoms with van der Waals surface area (Å²) in [5.41, 5.74) is 6.64. The molecule has 0 saturated heterocycles. The van der Waals surface area contributed by atoms with Crippen LogP contribution < -0.4 is 16.4 Å². The van der Waals surface area contributed by atoms with Gasteiger partial charge in [-0.15, -0.1) is 0 Å². The van der Waals surface area contributed by atoms with E-state index in [0.717, 1.165) is 5.56 Å². The fourth-order valence-corrected chi connectivity index (χ4v) is 1.76. The number of benzene rings is 1. The second-order valence-electron chi connectivity index (χ2n) is 4.79. The van der Waals surface area contributed by atoms with Gasteiger partial charge in [0.2, 0.25) is 0 Å². The van der Waals surface area contributed by atoms with Crippen LogP contribution in [0.4, 0.5) is 13.2 Å². The molecule has 1 aromatic carbocycles. The molecule has 0 aliphatic carbocycles. The van der Waals surface area contributed by atoms with Gasteiger partial charge in [-0.1, -0.05) is 30.3 Å². The van der Waals surface area contributed by atoms with Crippen molar-refractivity contribution in [3.63, 3.8) is 0 Å². The fourth-order valence-electron chi connectivity index (χ4n) is 1.76. The first-order valence-electron chi connectivity index (χ1n) is 6.81. The second-order valence-corrected chi connectivity index (χ2v) is 4.79. The number of nitrogens with two attached hydrogens (primary N) is 1. The van der Waals surface area contributed by atoms with Gasteiger partial charge in [0.25, 0.3) is 5.91 Å². The molecule has 0 fully saturated rings. The Morgan fingerprint density at radius 1 is 1.32 bits per heavy atom. The molecule has 0 bridgehead atoms. The molecule has 0 aromatic heterocycles. The summed E-state index contributed by atoms with van der Waals surface area (Å²) in [5, 5.41) is 13.7. The van der Waals surface area contributed by atoms with Crippen molar-refractivity contribution in [2.75, 3.05) is 19.8 Å². The number of halogens is 3. The number of carbonyl (C=O) groups is 1. The number of hydrogen-bond donors (Lipinski definition) is 4. The van der Waals surface area contributed by atoms with E-state index < -0.39 is 43.9 Å². The van der Waals surface area contributed by atoms with E-state index >= 15 is 0 Å². The van der Waals surface area contributed by atoms with Gasteiger partial charge in [-0.3, -0.25) is 10.1 Å². The molecule has 0 radical (unpaired) electrons. The molecular formula is C14H20F3N3O2. The van der Waals surface area contributed by atoms with E-state index in [1.165, 1.54) is 0 Å². The Morgan fingerprint density at radius 2 is 1.95 bits per heavy atom. The summed E-state index contributed by atoms with van der Waals surface area (Å²) in [5.74, 6) is -5.73. The summed E-state index contributed by atoms with van der Waals surface area (Å²) in [6.07, 6.45) is -2.52. The zero-order chi connectivity index (χ0) is 16.6. The number of amides is 1. The molecule has 22 heavy (non-hydrogen) atoms. The molecule has 2 atom stereocenters. The average molecular weight is 319 g/mol. The molecule has 0 spiro atoms. The molecule has 2 unspecified atom stereocenters. The van der Waals surface area contributed by atoms with Crippen molar-refractivity contribution in [3.8, 4) is 0 Å². The smallest absolute Gasteiger partial charge is 0.350 e. The van der Waals surface area contributed by atoms with Gasteiger partial charge in [-0.05, 0) is 5.56 Å². The van der Waals surface area contributed by atoms with E-state index in [4.69, 9.17) is 5.73 Å². The molecule has 1 rings (SSSR count). The van der Waals surface area contributed by atoms with E-state index in [2.05, 4.69) is 5.32 Å². The van der Waals surface area contributed by atoms with Crippen molar-refractivity contribution in [2.45, 2.75) is 24.6 Å². The minimum absolute atomic E-state index is 0.382. The maximum Gasteiger partial charge on any atom is 0.350 e. The second kappa shape index (κ2) is 8.72. The maximum atomic E-state index is 13.5. The van der Waals surface area contributed by atoms with Gasteiger partial charge in [0, 0.05) is 19.5 Å². The van der Waals surface area contributed by atoms with Crippen LogP contribution in [0.25, 0.3) is 0 Å². The van der Waals surface area contributed by atoms with Gasteiger partial charge >= 0.3 is 5.92 Å². The van der Waals surface area contributed by atoms with Gasteiger partial charge in [0.1, 0.15) is 12.8 Å². The maximum absolute atomic E-state index is 13.5. The molecular weight excluding hydrogens is 299 g/mol. The molecule has 1 aromatic rings. The Kier molecular flexibility index (Phi) is 7.30. The van der Waals surface area contributed by atoms with Gasteiger partial charge in [-0.25, -0.2) is 4.39 Å². The van der Waals surface area contributed by atoms with Crippen LogP contribution in [-0.2, 0) is 11.2 Å². The van der Waals surface area contributed by atoms with Crippen LogP contribution in [0.1, 0.15) is 5.56 Å². The van der Waals surface area contributed by atoms with Gasteiger partial charge < -0.3 is 16.2 Å². The topological polar surface area (TPSA) is 87.4 Å². The zero-order valence-corrected chi connectivity index (χ0v) is 11.9. The monoisotopic (exact) mass is 319 g/mol. The summed E-state index contributed by atoms with van der Waals surface area (Å²) in [4.78, 5) is 11.2. The van der Waals surface area contributed by atoms with Crippen molar-refractivity contribution in [1.29, 1.82) is 0 Å². The minimum Gasteiger partial charge on any atom is -0.385 e. The lowest BCUT2D eigenvalue weighted by Crippen LogP contribution is -2.54. The number of aliphatic hydroxyl groups is 1. The standard InChI is InChI=1S/C14H20F3N3O2/c15-6-7-19-13(22)14(16,17)11(21)9-20-12(18)8-10-4-2-1-3-5-10/h1-5,11-12,20-21H,6-9,18H2,(H,19,22). The molecule has 0 saturated carbocycles. The zero-order valence-electron chi connectivity index (χ0n) is 11.9. The first-order chi connectivity index (χ1) is 10.4. The largest absolute Gasteiger partial charge is 0.385 e. The molecule has 1 amide bonds. The third-order valence-electron chi connectivity index (χ3n) is 2.97. The Morgan fingerprint density at radius 3 is 2.55 bits per heavy atom. The number of carbonyl (C=O) groups excluding carboxylic acids is 1. The molecule has 0 aliphatic rings. The quantitative estimate of drug-likeness (QED) is 0.489. The van der Waals surface area contributed by atoms with Crippen molar-refractivity contribution in [3.05, 3.63) is 35.9 Å². The van der Waals surface area contributed by atoms with E-state index in [1.807, 2.05) is 30.3 Å². The number of nitrogens with one attached hydrogen (secondary N) is 2. The highest BCUT2D eigenvalue weighted by Crippen LogP contribution is 2.18. The highest BCUT2D eigenvalue weighted by Gasteiger charge is 2.46. The van der Waals surface area contributed by atoms with Crippen LogP contribution in [0.3, 0.4) is 0 Å². The van der Waals surface area contributed by atoms with Crippen LogP contribution in [0.5, 0.6) is 0 Å². The summed E-state index contributed by atoms with van der Waals surface area (Å²) in [6, 6.07) is 9.14. The predicted molar refractivity (Wildman–Crippen MR) is 76.1 cm³/mol. The molecule has 0 aliphatic heterocycles. The molecule has 0 heterocycles. The molecule has 124 valence electrons. The Labute approximate surface area is 126 Å². The Hall–Kier alpha value is -1.64. The first kappa shape index (κ1) is 18.4. The predicted octanol–water partition coefficient (Wildman–Crippen LogP) is 0.185. The third-order valence-corrected chi connectivity index (χ3v) is 2.97. The number of rotatable bonds is 9. The minimum atomic E-state index is -4.02. The van der Waals surface area contributed by atoms with Crippen LogP contribution in [0.2, 0.25) is 0 Å². The lowest BCUT2D eigenvalue weighted by molar-refractivity contribution is -0.162. The average Bonchev–Trinajstić information content (AvgIpc) is 2.51. The highest BCUT2D eigenvalue weighted by molar-refractivity contribution is 5.84. The van der Waals surface area contributed by atoms with Gasteiger partial charge in [0.15, 0.2) is 0 Å². The lowest BCUT2D eigenvalue weighted by atomic mass is 10.1. The Balaban J connectivity index is 2.43. The molecule has 5 N–H and O–H groups in total. The van der Waals surface area contributed by atoms with E-state index in [-0.39, 0.29) is 0 Å². The van der Waals surface area contributed by atoms with Crippen molar-refractivity contribution in [1.82, 2.24) is 10.6 Å². The van der Waals surface area contributed by atoms with Crippen LogP contribution in [0, 0.1) is 0 Å². The molecule has 5 nitrogen and oxygen atoms in total. The highest BCUT2D eigenvalue weighted by atomic mass is 19.3. The van der Waals surface area contributed by atoms with Crippen LogP contribution in [-0.4, -0.2) is 49.0 Å². The Bertz CT molecular complexity index is 460. The van der Waals surface area contributed by atoms with Gasteiger partial charge in [0.05, 0.1) is 6.17 Å². The summed E-state index contributed by atoms with van der Waals surface area (Å²) >= 11 is 0. The van der Waals surface area contributed by atoms with Crippen LogP contribution >= 0.6 is 0 Å². The van der Waals surface area contributed by atoms with Crippen molar-refractivity contribution >= 4 is 5.91 Å². The number of alkyl halides is 3. The van der Waals surface area contributed by atoms with Crippen molar-refractivity contribution in [2.24, 2.45) is 5.73 Å². The SMILES string of the molecule is NC(Cc1ccccc1)NCC(O)C(F)(F)C(=O)NCCF. The fraction of sp³-hybridized carbons (Fsp3) is 0.500. The summed E-state index contributed by atoms with van der Waals surface area (Å²) in [6.45, 7) is -2.05. The first-order valence-corrected chi connectivity index (χ1v) is 6.81. The van der Waals surface area contributed by atoms with Crippen LogP contribution in [0.15, 0.2) is 30.3 Å². The van der Waals surface area contributed by atoms with Crippen molar-refractivity contribution < 1.29 is 23.1 Å². The van der Waals surface area contributed by atoms with E-state index in [0.29, 0.717) is 6.42 Å². The van der Waals surface area contributed by atoms with Gasteiger partial charge in [-0.2, -0.15) is 8.78 Å². The lowest BCUT2D eigenvalue weighted by Gasteiger charge is -2.23. The van der Waals surface area contributed by atoms with E-state index in [9.17, 15) is 23.1 Å². The number of aliphatic hydroxyl groups excluding tert-OH is 1. The third kappa shape index (κ3) is 5.63. The summed E-state index contributed by atoms with van der Waals surface area (Å²) in [7, 11) is 0. The van der Waals surface area contributed by atoms with E-state index in [1.54, 1.807) is 5.32 Å². The normalized spacial score (nSPS) is 14.4. The summed E-state index contributed by atoms with van der Waals surface area (Å²) < 4.78 is 38.9. The number of hydrogen-bond acceptors (Lipinski definition) is 4. The molecule has 8 heteroatoms.